The van der Waals surface area contributed by atoms with Crippen LogP contribution in [0, 0.1) is 34.8 Å². The Morgan fingerprint density at radius 1 is 0.719 bits per heavy atom. The van der Waals surface area contributed by atoms with Crippen LogP contribution in [0.2, 0.25) is 0 Å². The standard InChI is InChI=1S/C29H21F2N/c1-2-20-3-5-21(6-4-20)7-8-22-11-16-27-25(17-22)15-14-24(29(27)31)12-9-23-10-13-26(19-32)28(30)18-23/h3-6,10-11,13-18H,2,7-8H2,1H3. The normalized spacial score (nSPS) is 10.4. The second-order valence-corrected chi connectivity index (χ2v) is 7.71. The molecular formula is C29H21F2N. The second kappa shape index (κ2) is 9.46. The van der Waals surface area contributed by atoms with Gasteiger partial charge in [0.1, 0.15) is 17.7 Å². The highest BCUT2D eigenvalue weighted by Gasteiger charge is 2.07. The van der Waals surface area contributed by atoms with Crippen molar-refractivity contribution >= 4 is 10.8 Å². The number of benzene rings is 4. The van der Waals surface area contributed by atoms with Crippen molar-refractivity contribution in [1.29, 1.82) is 5.26 Å². The fourth-order valence-electron chi connectivity index (χ4n) is 3.65. The molecule has 0 saturated heterocycles. The fraction of sp³-hybridized carbons (Fsp3) is 0.138. The molecule has 0 aliphatic rings. The number of aryl methyl sites for hydroxylation is 3. The van der Waals surface area contributed by atoms with Crippen LogP contribution in [0.3, 0.4) is 0 Å². The maximum absolute atomic E-state index is 15.0. The summed E-state index contributed by atoms with van der Waals surface area (Å²) in [6.45, 7) is 2.15. The van der Waals surface area contributed by atoms with Crippen LogP contribution in [0.25, 0.3) is 10.8 Å². The van der Waals surface area contributed by atoms with Gasteiger partial charge in [0.05, 0.1) is 11.1 Å². The summed E-state index contributed by atoms with van der Waals surface area (Å²) in [5.74, 6) is 4.54. The van der Waals surface area contributed by atoms with Gasteiger partial charge in [-0.25, -0.2) is 8.78 Å². The smallest absolute Gasteiger partial charge is 0.146 e. The maximum Gasteiger partial charge on any atom is 0.146 e. The van der Waals surface area contributed by atoms with Crippen molar-refractivity contribution in [2.45, 2.75) is 26.2 Å². The molecule has 0 saturated carbocycles. The first-order chi connectivity index (χ1) is 15.6. The minimum Gasteiger partial charge on any atom is -0.206 e. The summed E-state index contributed by atoms with van der Waals surface area (Å²) in [4.78, 5) is 0. The molecule has 0 bridgehead atoms. The first-order valence-electron chi connectivity index (χ1n) is 10.6. The molecule has 1 nitrogen and oxygen atoms in total. The zero-order valence-corrected chi connectivity index (χ0v) is 17.8. The monoisotopic (exact) mass is 421 g/mol. The lowest BCUT2D eigenvalue weighted by Gasteiger charge is -2.07. The molecule has 0 amide bonds. The number of nitriles is 1. The van der Waals surface area contributed by atoms with Gasteiger partial charge in [-0.05, 0) is 65.6 Å². The number of hydrogen-bond acceptors (Lipinski definition) is 1. The van der Waals surface area contributed by atoms with Crippen molar-refractivity contribution in [2.24, 2.45) is 0 Å². The summed E-state index contributed by atoms with van der Waals surface area (Å²) >= 11 is 0. The van der Waals surface area contributed by atoms with Gasteiger partial charge in [-0.15, -0.1) is 0 Å². The zero-order chi connectivity index (χ0) is 22.5. The maximum atomic E-state index is 15.0. The first-order valence-corrected chi connectivity index (χ1v) is 10.6. The summed E-state index contributed by atoms with van der Waals surface area (Å²) in [5, 5.41) is 10.2. The third-order valence-corrected chi connectivity index (χ3v) is 5.58. The Balaban J connectivity index is 1.53. The van der Waals surface area contributed by atoms with E-state index in [1.807, 2.05) is 18.2 Å². The Hall–Kier alpha value is -3.95. The second-order valence-electron chi connectivity index (χ2n) is 7.71. The van der Waals surface area contributed by atoms with Gasteiger partial charge < -0.3 is 0 Å². The molecule has 156 valence electrons. The Morgan fingerprint density at radius 3 is 2.12 bits per heavy atom. The molecule has 32 heavy (non-hydrogen) atoms. The summed E-state index contributed by atoms with van der Waals surface area (Å²) in [6.07, 6.45) is 2.85. The molecule has 3 heteroatoms. The number of rotatable bonds is 4. The third-order valence-electron chi connectivity index (χ3n) is 5.58. The van der Waals surface area contributed by atoms with Gasteiger partial charge in [0.25, 0.3) is 0 Å². The van der Waals surface area contributed by atoms with Crippen molar-refractivity contribution in [3.05, 3.63) is 118 Å². The van der Waals surface area contributed by atoms with Crippen LogP contribution in [0.4, 0.5) is 8.78 Å². The topological polar surface area (TPSA) is 23.8 Å². The van der Waals surface area contributed by atoms with E-state index in [1.165, 1.54) is 23.3 Å². The highest BCUT2D eigenvalue weighted by atomic mass is 19.1. The van der Waals surface area contributed by atoms with Gasteiger partial charge in [0.2, 0.25) is 0 Å². The highest BCUT2D eigenvalue weighted by molar-refractivity contribution is 5.85. The molecular weight excluding hydrogens is 400 g/mol. The molecule has 0 unspecified atom stereocenters. The minimum atomic E-state index is -0.632. The van der Waals surface area contributed by atoms with Gasteiger partial charge in [0.15, 0.2) is 0 Å². The molecule has 0 atom stereocenters. The van der Waals surface area contributed by atoms with Crippen molar-refractivity contribution in [2.75, 3.05) is 0 Å². The van der Waals surface area contributed by atoms with E-state index < -0.39 is 5.82 Å². The van der Waals surface area contributed by atoms with E-state index in [9.17, 15) is 4.39 Å². The summed E-state index contributed by atoms with van der Waals surface area (Å²) < 4.78 is 28.7. The van der Waals surface area contributed by atoms with Crippen molar-refractivity contribution in [3.8, 4) is 17.9 Å². The Kier molecular flexibility index (Phi) is 6.29. The molecule has 0 aliphatic heterocycles. The molecule has 0 N–H and O–H groups in total. The van der Waals surface area contributed by atoms with Gasteiger partial charge in [-0.3, -0.25) is 0 Å². The van der Waals surface area contributed by atoms with Crippen LogP contribution in [-0.2, 0) is 19.3 Å². The minimum absolute atomic E-state index is 0.0405. The van der Waals surface area contributed by atoms with E-state index in [2.05, 4.69) is 43.0 Å². The summed E-state index contributed by atoms with van der Waals surface area (Å²) in [5.41, 5.74) is 4.38. The van der Waals surface area contributed by atoms with Crippen LogP contribution in [0.1, 0.15) is 40.3 Å². The molecule has 0 fully saturated rings. The Morgan fingerprint density at radius 2 is 1.41 bits per heavy atom. The largest absolute Gasteiger partial charge is 0.206 e. The summed E-state index contributed by atoms with van der Waals surface area (Å²) in [7, 11) is 0. The molecule has 0 aromatic heterocycles. The van der Waals surface area contributed by atoms with Crippen LogP contribution in [0.5, 0.6) is 0 Å². The number of fused-ring (bicyclic) bond motifs is 1. The molecule has 0 radical (unpaired) electrons. The van der Waals surface area contributed by atoms with Crippen LogP contribution >= 0.6 is 0 Å². The van der Waals surface area contributed by atoms with E-state index >= 15 is 4.39 Å². The van der Waals surface area contributed by atoms with Crippen LogP contribution in [-0.4, -0.2) is 0 Å². The van der Waals surface area contributed by atoms with E-state index in [0.29, 0.717) is 10.9 Å². The highest BCUT2D eigenvalue weighted by Crippen LogP contribution is 2.23. The molecule has 4 aromatic carbocycles. The van der Waals surface area contributed by atoms with Crippen molar-refractivity contribution in [3.63, 3.8) is 0 Å². The molecule has 0 aliphatic carbocycles. The van der Waals surface area contributed by atoms with Gasteiger partial charge in [-0.2, -0.15) is 5.26 Å². The van der Waals surface area contributed by atoms with Gasteiger partial charge >= 0.3 is 0 Å². The molecule has 0 spiro atoms. The molecule has 0 heterocycles. The van der Waals surface area contributed by atoms with Crippen molar-refractivity contribution < 1.29 is 8.78 Å². The summed E-state index contributed by atoms with van der Waals surface area (Å²) in [6, 6.07) is 23.8. The Bertz CT molecular complexity index is 1380. The quantitative estimate of drug-likeness (QED) is 0.335. The lowest BCUT2D eigenvalue weighted by molar-refractivity contribution is 0.623. The van der Waals surface area contributed by atoms with Gasteiger partial charge in [0, 0.05) is 10.9 Å². The lowest BCUT2D eigenvalue weighted by Crippen LogP contribution is -1.93. The predicted octanol–water partition coefficient (Wildman–Crippen LogP) is 6.74. The fourth-order valence-corrected chi connectivity index (χ4v) is 3.65. The first kappa shape index (κ1) is 21.3. The Labute approximate surface area is 187 Å². The van der Waals surface area contributed by atoms with E-state index in [1.54, 1.807) is 24.3 Å². The number of halogens is 2. The SMILES string of the molecule is CCc1ccc(CCc2ccc3c(F)c(C#Cc4ccc(C#N)c(F)c4)ccc3c2)cc1. The van der Waals surface area contributed by atoms with E-state index in [-0.39, 0.29) is 16.9 Å². The number of nitrogens with zero attached hydrogens (tertiary/aromatic N) is 1. The average Bonchev–Trinajstić information content (AvgIpc) is 2.82. The van der Waals surface area contributed by atoms with Crippen LogP contribution < -0.4 is 0 Å². The number of hydrogen-bond donors (Lipinski definition) is 0. The third kappa shape index (κ3) is 4.69. The molecule has 4 rings (SSSR count). The van der Waals surface area contributed by atoms with E-state index in [0.717, 1.165) is 30.2 Å². The average molecular weight is 421 g/mol. The van der Waals surface area contributed by atoms with E-state index in [4.69, 9.17) is 5.26 Å². The molecule has 4 aromatic rings. The zero-order valence-electron chi connectivity index (χ0n) is 17.8. The predicted molar refractivity (Wildman–Crippen MR) is 124 cm³/mol. The lowest BCUT2D eigenvalue weighted by atomic mass is 9.99. The van der Waals surface area contributed by atoms with Crippen molar-refractivity contribution in [1.82, 2.24) is 0 Å². The van der Waals surface area contributed by atoms with Crippen LogP contribution in [0.15, 0.2) is 72.8 Å². The van der Waals surface area contributed by atoms with Gasteiger partial charge in [-0.1, -0.05) is 67.3 Å².